The molecule has 0 aromatic rings. The number of aliphatic carboxylic acids is 1. The molecule has 0 bridgehead atoms. The third-order valence-electron chi connectivity index (χ3n) is 11.6. The Morgan fingerprint density at radius 2 is 1.82 bits per heavy atom. The van der Waals surface area contributed by atoms with Crippen LogP contribution in [-0.2, 0) is 19.1 Å². The first-order valence-corrected chi connectivity index (χ1v) is 15.6. The number of fused-ring (bicyclic) bond motifs is 5. The van der Waals surface area contributed by atoms with Crippen molar-refractivity contribution in [3.8, 4) is 0 Å². The number of ether oxygens (including phenoxy) is 1. The molecule has 4 aliphatic carbocycles. The van der Waals surface area contributed by atoms with E-state index in [4.69, 9.17) is 9.84 Å². The van der Waals surface area contributed by atoms with Gasteiger partial charge in [0.2, 0.25) is 0 Å². The van der Waals surface area contributed by atoms with E-state index in [1.165, 1.54) is 56.9 Å². The number of esters is 1. The highest BCUT2D eigenvalue weighted by molar-refractivity contribution is 5.93. The zero-order valence-electron chi connectivity index (χ0n) is 24.6. The number of hydrogen-bond acceptors (Lipinski definition) is 4. The molecule has 214 valence electrons. The number of rotatable bonds is 11. The van der Waals surface area contributed by atoms with Crippen molar-refractivity contribution < 1.29 is 24.2 Å². The molecule has 3 saturated carbocycles. The van der Waals surface area contributed by atoms with Crippen LogP contribution in [0.5, 0.6) is 0 Å². The Morgan fingerprint density at radius 3 is 2.53 bits per heavy atom. The maximum Gasteiger partial charge on any atom is 0.306 e. The number of ketones is 1. The fourth-order valence-electron chi connectivity index (χ4n) is 9.61. The van der Waals surface area contributed by atoms with Gasteiger partial charge in [0, 0.05) is 5.92 Å². The maximum atomic E-state index is 13.0. The standard InChI is InChI=1S/C33H52O5/c1-21(2)7-6-8-22(3)26-11-12-27-25-10-9-24-19-29(34)23(16-18-38-31(37)14-13-30(35)36)20-33(24,5)28(25)15-17-32(26,27)4/h19,21-23,25-28H,6-18,20H2,1-5H3,(H,35,36). The molecule has 3 fully saturated rings. The minimum Gasteiger partial charge on any atom is -0.481 e. The van der Waals surface area contributed by atoms with Gasteiger partial charge in [0.25, 0.3) is 0 Å². The van der Waals surface area contributed by atoms with Crippen LogP contribution in [0.2, 0.25) is 0 Å². The monoisotopic (exact) mass is 528 g/mol. The van der Waals surface area contributed by atoms with Gasteiger partial charge >= 0.3 is 11.9 Å². The molecule has 5 heteroatoms. The lowest BCUT2D eigenvalue weighted by Gasteiger charge is -2.59. The summed E-state index contributed by atoms with van der Waals surface area (Å²) >= 11 is 0. The second-order valence-corrected chi connectivity index (χ2v) is 14.2. The molecular formula is C33H52O5. The summed E-state index contributed by atoms with van der Waals surface area (Å²) in [6, 6.07) is 0. The smallest absolute Gasteiger partial charge is 0.306 e. The van der Waals surface area contributed by atoms with Crippen molar-refractivity contribution in [1.29, 1.82) is 0 Å². The molecule has 0 aliphatic heterocycles. The zero-order chi connectivity index (χ0) is 27.7. The van der Waals surface area contributed by atoms with Gasteiger partial charge < -0.3 is 9.84 Å². The third-order valence-corrected chi connectivity index (χ3v) is 11.6. The van der Waals surface area contributed by atoms with Crippen LogP contribution < -0.4 is 0 Å². The van der Waals surface area contributed by atoms with E-state index in [9.17, 15) is 14.4 Å². The summed E-state index contributed by atoms with van der Waals surface area (Å²) in [4.78, 5) is 35.6. The van der Waals surface area contributed by atoms with E-state index < -0.39 is 11.9 Å². The number of carboxylic acids is 1. The minimum atomic E-state index is -1.00. The Balaban J connectivity index is 1.40. The van der Waals surface area contributed by atoms with Crippen LogP contribution in [-0.4, -0.2) is 29.4 Å². The lowest BCUT2D eigenvalue weighted by molar-refractivity contribution is -0.148. The summed E-state index contributed by atoms with van der Waals surface area (Å²) < 4.78 is 5.29. The minimum absolute atomic E-state index is 0.0666. The normalized spacial score (nSPS) is 37.2. The van der Waals surface area contributed by atoms with Crippen molar-refractivity contribution in [2.24, 2.45) is 52.3 Å². The Labute approximate surface area is 230 Å². The Bertz CT molecular complexity index is 920. The maximum absolute atomic E-state index is 13.0. The van der Waals surface area contributed by atoms with E-state index in [0.717, 1.165) is 42.4 Å². The summed E-state index contributed by atoms with van der Waals surface area (Å²) in [5.41, 5.74) is 1.90. The molecule has 0 heterocycles. The molecule has 4 aliphatic rings. The third kappa shape index (κ3) is 5.92. The molecule has 8 atom stereocenters. The fraction of sp³-hybridized carbons (Fsp3) is 0.848. The molecule has 0 aromatic carbocycles. The van der Waals surface area contributed by atoms with E-state index >= 15 is 0 Å². The van der Waals surface area contributed by atoms with E-state index in [2.05, 4.69) is 34.6 Å². The first-order valence-electron chi connectivity index (χ1n) is 15.6. The van der Waals surface area contributed by atoms with Crippen molar-refractivity contribution in [1.82, 2.24) is 0 Å². The Hall–Kier alpha value is -1.65. The van der Waals surface area contributed by atoms with E-state index in [1.54, 1.807) is 0 Å². The fourth-order valence-corrected chi connectivity index (χ4v) is 9.61. The molecule has 0 amide bonds. The second-order valence-electron chi connectivity index (χ2n) is 14.2. The number of allylic oxidation sites excluding steroid dienone is 1. The molecule has 8 unspecified atom stereocenters. The van der Waals surface area contributed by atoms with Gasteiger partial charge in [-0.05, 0) is 104 Å². The first-order chi connectivity index (χ1) is 18.0. The SMILES string of the molecule is CC(C)CCCC(C)C1CCC2C3CCC4=CC(=O)C(CCOC(=O)CCC(=O)O)CC4(C)C3CCC12C. The molecule has 4 rings (SSSR count). The van der Waals surface area contributed by atoms with E-state index in [1.807, 2.05) is 6.08 Å². The Morgan fingerprint density at radius 1 is 1.05 bits per heavy atom. The largest absolute Gasteiger partial charge is 0.481 e. The summed E-state index contributed by atoms with van der Waals surface area (Å²) in [5, 5.41) is 8.77. The molecule has 38 heavy (non-hydrogen) atoms. The van der Waals surface area contributed by atoms with Crippen LogP contribution >= 0.6 is 0 Å². The second kappa shape index (κ2) is 11.8. The lowest BCUT2D eigenvalue weighted by Crippen LogP contribution is -2.52. The number of carboxylic acid groups (broad SMARTS) is 1. The molecule has 0 radical (unpaired) electrons. The van der Waals surface area contributed by atoms with Crippen LogP contribution in [0.3, 0.4) is 0 Å². The van der Waals surface area contributed by atoms with Crippen molar-refractivity contribution in [3.63, 3.8) is 0 Å². The summed E-state index contributed by atoms with van der Waals surface area (Å²) in [5.74, 6) is 3.25. The number of carbonyl (C=O) groups is 3. The lowest BCUT2D eigenvalue weighted by atomic mass is 9.45. The number of carbonyl (C=O) groups excluding carboxylic acids is 2. The van der Waals surface area contributed by atoms with Crippen LogP contribution in [0.25, 0.3) is 0 Å². The van der Waals surface area contributed by atoms with Gasteiger partial charge in [-0.1, -0.05) is 59.5 Å². The van der Waals surface area contributed by atoms with Gasteiger partial charge in [-0.25, -0.2) is 0 Å². The van der Waals surface area contributed by atoms with E-state index in [0.29, 0.717) is 17.8 Å². The van der Waals surface area contributed by atoms with E-state index in [-0.39, 0.29) is 36.6 Å². The highest BCUT2D eigenvalue weighted by Gasteiger charge is 2.60. The highest BCUT2D eigenvalue weighted by Crippen LogP contribution is 2.68. The first kappa shape index (κ1) is 29.3. The van der Waals surface area contributed by atoms with Gasteiger partial charge in [-0.15, -0.1) is 0 Å². The Kier molecular flexibility index (Phi) is 9.14. The van der Waals surface area contributed by atoms with Gasteiger partial charge in [0.15, 0.2) is 5.78 Å². The van der Waals surface area contributed by atoms with Crippen molar-refractivity contribution in [3.05, 3.63) is 11.6 Å². The average Bonchev–Trinajstić information content (AvgIpc) is 3.20. The highest BCUT2D eigenvalue weighted by atomic mass is 16.5. The number of hydrogen-bond donors (Lipinski definition) is 1. The zero-order valence-corrected chi connectivity index (χ0v) is 24.6. The van der Waals surface area contributed by atoms with Crippen LogP contribution in [0.15, 0.2) is 11.6 Å². The van der Waals surface area contributed by atoms with Gasteiger partial charge in [0.1, 0.15) is 0 Å². The van der Waals surface area contributed by atoms with Crippen molar-refractivity contribution in [2.75, 3.05) is 6.61 Å². The average molecular weight is 529 g/mol. The van der Waals surface area contributed by atoms with Crippen LogP contribution in [0.4, 0.5) is 0 Å². The molecular weight excluding hydrogens is 476 g/mol. The van der Waals surface area contributed by atoms with Gasteiger partial charge in [0.05, 0.1) is 19.4 Å². The van der Waals surface area contributed by atoms with Crippen molar-refractivity contribution >= 4 is 17.7 Å². The van der Waals surface area contributed by atoms with Crippen LogP contribution in [0.1, 0.15) is 118 Å². The molecule has 0 saturated heterocycles. The van der Waals surface area contributed by atoms with Crippen LogP contribution in [0, 0.1) is 52.3 Å². The van der Waals surface area contributed by atoms with Gasteiger partial charge in [-0.2, -0.15) is 0 Å². The predicted octanol–water partition coefficient (Wildman–Crippen LogP) is 7.62. The van der Waals surface area contributed by atoms with Gasteiger partial charge in [-0.3, -0.25) is 14.4 Å². The quantitative estimate of drug-likeness (QED) is 0.279. The van der Waals surface area contributed by atoms with Crippen molar-refractivity contribution in [2.45, 2.75) is 118 Å². The summed E-state index contributed by atoms with van der Waals surface area (Å²) in [7, 11) is 0. The molecule has 1 N–H and O–H groups in total. The molecule has 0 aromatic heterocycles. The topological polar surface area (TPSA) is 80.7 Å². The molecule has 5 nitrogen and oxygen atoms in total. The molecule has 0 spiro atoms. The predicted molar refractivity (Wildman–Crippen MR) is 149 cm³/mol. The summed E-state index contributed by atoms with van der Waals surface area (Å²) in [6.45, 7) is 12.5. The summed E-state index contributed by atoms with van der Waals surface area (Å²) in [6.07, 6.45) is 14.7.